The van der Waals surface area contributed by atoms with Gasteiger partial charge in [0.05, 0.1) is 33.0 Å². The number of phenolic OH excluding ortho intramolecular Hbond substituents is 1. The van der Waals surface area contributed by atoms with Crippen LogP contribution >= 0.6 is 0 Å². The molecule has 0 fully saturated rings. The van der Waals surface area contributed by atoms with Crippen LogP contribution in [0.3, 0.4) is 0 Å². The minimum absolute atomic E-state index is 0.0496. The third kappa shape index (κ3) is 7.40. The molecule has 0 saturated carbocycles. The Bertz CT molecular complexity index is 1390. The quantitative estimate of drug-likeness (QED) is 0.107. The van der Waals surface area contributed by atoms with Crippen molar-refractivity contribution >= 4 is 28.4 Å². The number of benzene rings is 4. The summed E-state index contributed by atoms with van der Waals surface area (Å²) in [5, 5.41) is 33.4. The number of anilines is 5. The molecular weight excluding hydrogens is 510 g/mol. The van der Waals surface area contributed by atoms with Crippen LogP contribution in [-0.2, 0) is 0 Å². The summed E-state index contributed by atoms with van der Waals surface area (Å²) in [7, 11) is 3.23. The van der Waals surface area contributed by atoms with Gasteiger partial charge in [0.1, 0.15) is 17.2 Å². The zero-order valence-corrected chi connectivity index (χ0v) is 22.6. The first kappa shape index (κ1) is 29.8. The topological polar surface area (TPSA) is 181 Å². The third-order valence-corrected chi connectivity index (χ3v) is 6.01. The van der Waals surface area contributed by atoms with Gasteiger partial charge in [-0.05, 0) is 66.7 Å². The number of hydrogen-bond donors (Lipinski definition) is 8. The third-order valence-electron chi connectivity index (χ3n) is 6.01. The number of aliphatic hydroxyl groups excluding tert-OH is 2. The van der Waals surface area contributed by atoms with Crippen LogP contribution < -0.4 is 37.3 Å². The molecule has 0 aliphatic carbocycles. The van der Waals surface area contributed by atoms with Gasteiger partial charge in [0, 0.05) is 58.2 Å². The summed E-state index contributed by atoms with van der Waals surface area (Å²) in [6.45, 7) is 1.05. The van der Waals surface area contributed by atoms with Crippen molar-refractivity contribution in [2.24, 2.45) is 0 Å². The predicted octanol–water partition coefficient (Wildman–Crippen LogP) is 3.99. The molecule has 0 radical (unpaired) electrons. The number of nitrogens with two attached hydrogens (primary N) is 3. The van der Waals surface area contributed by atoms with E-state index in [1.54, 1.807) is 32.4 Å². The zero-order valence-electron chi connectivity index (χ0n) is 22.6. The van der Waals surface area contributed by atoms with Crippen molar-refractivity contribution in [1.29, 1.82) is 0 Å². The van der Waals surface area contributed by atoms with Crippen molar-refractivity contribution in [3.05, 3.63) is 72.8 Å². The molecule has 40 heavy (non-hydrogen) atoms. The summed E-state index contributed by atoms with van der Waals surface area (Å²) in [6, 6.07) is 21.4. The van der Waals surface area contributed by atoms with E-state index < -0.39 is 0 Å². The molecule has 11 N–H and O–H groups in total. The highest BCUT2D eigenvalue weighted by atomic mass is 16.5. The minimum Gasteiger partial charge on any atom is -0.508 e. The van der Waals surface area contributed by atoms with Crippen molar-refractivity contribution in [2.45, 2.75) is 0 Å². The second-order valence-electron chi connectivity index (χ2n) is 8.71. The van der Waals surface area contributed by atoms with Crippen molar-refractivity contribution in [2.75, 3.05) is 68.4 Å². The highest BCUT2D eigenvalue weighted by Gasteiger charge is 2.15. The fraction of sp³-hybridized carbons (Fsp3) is 0.200. The molecule has 0 aliphatic rings. The molecule has 0 aromatic heterocycles. The molecular formula is C30H37N5O5. The molecule has 0 atom stereocenters. The Morgan fingerprint density at radius 2 is 1.07 bits per heavy atom. The van der Waals surface area contributed by atoms with E-state index in [1.807, 2.05) is 48.5 Å². The first-order valence-electron chi connectivity index (χ1n) is 12.6. The van der Waals surface area contributed by atoms with Crippen LogP contribution in [-0.4, -0.2) is 55.8 Å². The first-order chi connectivity index (χ1) is 19.3. The predicted molar refractivity (Wildman–Crippen MR) is 163 cm³/mol. The lowest BCUT2D eigenvalue weighted by atomic mass is 10.0. The summed E-state index contributed by atoms with van der Waals surface area (Å²) in [6.07, 6.45) is 0. The summed E-state index contributed by atoms with van der Waals surface area (Å²) >= 11 is 0. The Morgan fingerprint density at radius 3 is 1.57 bits per heavy atom. The first-order valence-corrected chi connectivity index (χ1v) is 12.6. The summed E-state index contributed by atoms with van der Waals surface area (Å²) < 4.78 is 10.8. The van der Waals surface area contributed by atoms with Gasteiger partial charge < -0.3 is 52.6 Å². The lowest BCUT2D eigenvalue weighted by Gasteiger charge is -2.16. The van der Waals surface area contributed by atoms with E-state index in [2.05, 4.69) is 10.6 Å². The lowest BCUT2D eigenvalue weighted by Crippen LogP contribution is -2.06. The average molecular weight is 548 g/mol. The average Bonchev–Trinajstić information content (AvgIpc) is 2.97. The van der Waals surface area contributed by atoms with E-state index in [-0.39, 0.29) is 19.0 Å². The Kier molecular flexibility index (Phi) is 10.7. The number of phenols is 1. The molecule has 0 spiro atoms. The molecule has 10 heteroatoms. The molecule has 0 unspecified atom stereocenters. The van der Waals surface area contributed by atoms with Gasteiger partial charge in [-0.3, -0.25) is 0 Å². The van der Waals surface area contributed by atoms with Gasteiger partial charge in [-0.2, -0.15) is 0 Å². The van der Waals surface area contributed by atoms with Crippen LogP contribution in [0.5, 0.6) is 17.2 Å². The number of methoxy groups -OCH3 is 2. The molecule has 0 saturated heterocycles. The van der Waals surface area contributed by atoms with E-state index >= 15 is 0 Å². The molecule has 4 rings (SSSR count). The summed E-state index contributed by atoms with van der Waals surface area (Å²) in [5.41, 5.74) is 24.5. The number of nitrogens with one attached hydrogen (secondary N) is 2. The van der Waals surface area contributed by atoms with E-state index in [0.717, 1.165) is 28.1 Å². The highest BCUT2D eigenvalue weighted by molar-refractivity contribution is 5.88. The number of aromatic hydroxyl groups is 1. The molecule has 0 heterocycles. The number of rotatable bonds is 10. The number of nitrogen functional groups attached to an aromatic ring is 3. The Balaban J connectivity index is 0.000000222. The van der Waals surface area contributed by atoms with E-state index in [0.29, 0.717) is 47.2 Å². The van der Waals surface area contributed by atoms with Crippen LogP contribution in [0, 0.1) is 0 Å². The van der Waals surface area contributed by atoms with Gasteiger partial charge in [-0.25, -0.2) is 0 Å². The van der Waals surface area contributed by atoms with Gasteiger partial charge in [0.25, 0.3) is 0 Å². The van der Waals surface area contributed by atoms with Gasteiger partial charge in [0.15, 0.2) is 0 Å². The number of hydrogen-bond acceptors (Lipinski definition) is 10. The van der Waals surface area contributed by atoms with E-state index in [4.69, 9.17) is 36.9 Å². The van der Waals surface area contributed by atoms with Crippen LogP contribution in [0.15, 0.2) is 72.8 Å². The van der Waals surface area contributed by atoms with Crippen LogP contribution in [0.4, 0.5) is 28.4 Å². The van der Waals surface area contributed by atoms with Crippen LogP contribution in [0.1, 0.15) is 0 Å². The SMILES string of the molecule is COc1cccc(OC)c1-c1cc(NCCO)ccc1N.Nc1ccc(O)cc1-c1cc(NCCO)ccc1N. The second kappa shape index (κ2) is 14.4. The molecule has 212 valence electrons. The summed E-state index contributed by atoms with van der Waals surface area (Å²) in [5.74, 6) is 1.53. The maximum absolute atomic E-state index is 9.56. The molecule has 4 aromatic rings. The highest BCUT2D eigenvalue weighted by Crippen LogP contribution is 2.42. The Morgan fingerprint density at radius 1 is 0.625 bits per heavy atom. The monoisotopic (exact) mass is 547 g/mol. The Labute approximate surface area is 234 Å². The maximum atomic E-state index is 9.56. The van der Waals surface area contributed by atoms with Gasteiger partial charge in [-0.15, -0.1) is 0 Å². The normalized spacial score (nSPS) is 10.3. The van der Waals surface area contributed by atoms with E-state index in [1.165, 1.54) is 6.07 Å². The lowest BCUT2D eigenvalue weighted by molar-refractivity contribution is 0.311. The molecule has 0 amide bonds. The standard InChI is InChI=1S/C16H20N2O3.C14H17N3O2/c1-20-14-4-3-5-15(21-2)16(14)12-10-11(18-8-9-19)6-7-13(12)17;15-13-3-1-9(17-5-6-18)7-11(13)12-8-10(19)2-4-14(12)16/h3-7,10,18-19H,8-9,17H2,1-2H3;1-4,7-8,17-19H,5-6,15-16H2. The van der Waals surface area contributed by atoms with Crippen LogP contribution in [0.2, 0.25) is 0 Å². The second-order valence-corrected chi connectivity index (χ2v) is 8.71. The summed E-state index contributed by atoms with van der Waals surface area (Å²) in [4.78, 5) is 0. The molecule has 4 aromatic carbocycles. The number of aliphatic hydroxyl groups is 2. The maximum Gasteiger partial charge on any atom is 0.130 e. The molecule has 0 bridgehead atoms. The van der Waals surface area contributed by atoms with Crippen LogP contribution in [0.25, 0.3) is 22.3 Å². The van der Waals surface area contributed by atoms with Crippen molar-refractivity contribution in [3.8, 4) is 39.5 Å². The van der Waals surface area contributed by atoms with Crippen molar-refractivity contribution in [3.63, 3.8) is 0 Å². The Hall–Kier alpha value is -4.80. The van der Waals surface area contributed by atoms with Gasteiger partial charge >= 0.3 is 0 Å². The van der Waals surface area contributed by atoms with Crippen molar-refractivity contribution in [1.82, 2.24) is 0 Å². The molecule has 0 aliphatic heterocycles. The fourth-order valence-electron chi connectivity index (χ4n) is 4.08. The largest absolute Gasteiger partial charge is 0.508 e. The molecule has 10 nitrogen and oxygen atoms in total. The van der Waals surface area contributed by atoms with Gasteiger partial charge in [-0.1, -0.05) is 6.07 Å². The fourth-order valence-corrected chi connectivity index (χ4v) is 4.08. The van der Waals surface area contributed by atoms with E-state index in [9.17, 15) is 5.11 Å². The smallest absolute Gasteiger partial charge is 0.130 e. The zero-order chi connectivity index (χ0) is 29.1. The van der Waals surface area contributed by atoms with Crippen molar-refractivity contribution < 1.29 is 24.8 Å². The minimum atomic E-state index is 0.0496. The van der Waals surface area contributed by atoms with Gasteiger partial charge in [0.2, 0.25) is 0 Å². The number of ether oxygens (including phenoxy) is 2.